The number of amidine groups is 1. The van der Waals surface area contributed by atoms with E-state index in [0.717, 1.165) is 13.0 Å². The van der Waals surface area contributed by atoms with Gasteiger partial charge in [0, 0.05) is 6.54 Å². The van der Waals surface area contributed by atoms with Gasteiger partial charge in [0.25, 0.3) is 0 Å². The molecule has 0 atom stereocenters. The van der Waals surface area contributed by atoms with Gasteiger partial charge < -0.3 is 5.73 Å². The minimum Gasteiger partial charge on any atom is -0.384 e. The van der Waals surface area contributed by atoms with Crippen molar-refractivity contribution in [1.82, 2.24) is 0 Å². The van der Waals surface area contributed by atoms with Crippen molar-refractivity contribution in [3.63, 3.8) is 0 Å². The minimum absolute atomic E-state index is 0.659. The Morgan fingerprint density at radius 2 is 2.57 bits per heavy atom. The molecule has 0 bridgehead atoms. The summed E-state index contributed by atoms with van der Waals surface area (Å²) in [6.07, 6.45) is 4.91. The fourth-order valence-electron chi connectivity index (χ4n) is 0.525. The number of hydrogen-bond donors (Lipinski definition) is 1. The van der Waals surface area contributed by atoms with E-state index in [2.05, 4.69) is 4.99 Å². The average molecular weight is 96.1 g/mol. The molecule has 0 amide bonds. The molecule has 7 heavy (non-hydrogen) atoms. The lowest BCUT2D eigenvalue weighted by molar-refractivity contribution is 0.989. The number of nitrogens with zero attached hydrogens (tertiary/aromatic N) is 1. The highest BCUT2D eigenvalue weighted by Gasteiger charge is 1.87. The number of nitrogens with two attached hydrogens (primary N) is 1. The third kappa shape index (κ3) is 1.03. The van der Waals surface area contributed by atoms with E-state index in [1.807, 2.05) is 12.2 Å². The average Bonchev–Trinajstić information content (AvgIpc) is 1.69. The van der Waals surface area contributed by atoms with Gasteiger partial charge >= 0.3 is 0 Å². The second kappa shape index (κ2) is 1.78. The maximum absolute atomic E-state index is 5.30. The van der Waals surface area contributed by atoms with Crippen LogP contribution in [0.5, 0.6) is 0 Å². The molecule has 1 rings (SSSR count). The Kier molecular flexibility index (Phi) is 1.11. The molecule has 0 spiro atoms. The molecule has 0 aromatic rings. The van der Waals surface area contributed by atoms with E-state index in [0.29, 0.717) is 5.84 Å². The van der Waals surface area contributed by atoms with Gasteiger partial charge in [-0.1, -0.05) is 6.08 Å². The SMILES string of the molecule is NC1=NCCC=C1. The van der Waals surface area contributed by atoms with Crippen LogP contribution in [0, 0.1) is 0 Å². The minimum atomic E-state index is 0.659. The summed E-state index contributed by atoms with van der Waals surface area (Å²) in [7, 11) is 0. The molecule has 2 heteroatoms. The van der Waals surface area contributed by atoms with Crippen LogP contribution in [-0.4, -0.2) is 12.4 Å². The topological polar surface area (TPSA) is 38.4 Å². The van der Waals surface area contributed by atoms with Crippen LogP contribution >= 0.6 is 0 Å². The van der Waals surface area contributed by atoms with E-state index in [1.54, 1.807) is 0 Å². The molecule has 2 N–H and O–H groups in total. The predicted molar refractivity (Wildman–Crippen MR) is 30.2 cm³/mol. The largest absolute Gasteiger partial charge is 0.384 e. The van der Waals surface area contributed by atoms with Gasteiger partial charge in [-0.3, -0.25) is 4.99 Å². The smallest absolute Gasteiger partial charge is 0.117 e. The summed E-state index contributed by atoms with van der Waals surface area (Å²) >= 11 is 0. The summed E-state index contributed by atoms with van der Waals surface area (Å²) < 4.78 is 0. The van der Waals surface area contributed by atoms with Gasteiger partial charge in [0.05, 0.1) is 0 Å². The number of hydrogen-bond acceptors (Lipinski definition) is 2. The highest BCUT2D eigenvalue weighted by Crippen LogP contribution is 1.90. The summed E-state index contributed by atoms with van der Waals surface area (Å²) in [5.41, 5.74) is 5.30. The van der Waals surface area contributed by atoms with E-state index >= 15 is 0 Å². The van der Waals surface area contributed by atoms with Crippen LogP contribution in [0.4, 0.5) is 0 Å². The van der Waals surface area contributed by atoms with Crippen molar-refractivity contribution in [1.29, 1.82) is 0 Å². The zero-order chi connectivity index (χ0) is 5.11. The summed E-state index contributed by atoms with van der Waals surface area (Å²) in [6, 6.07) is 0. The molecule has 38 valence electrons. The molecule has 0 aliphatic carbocycles. The third-order valence-electron chi connectivity index (χ3n) is 0.879. The molecule has 0 fully saturated rings. The summed E-state index contributed by atoms with van der Waals surface area (Å²) in [5.74, 6) is 0.659. The van der Waals surface area contributed by atoms with Crippen LogP contribution in [-0.2, 0) is 0 Å². The first-order valence-corrected chi connectivity index (χ1v) is 2.36. The van der Waals surface area contributed by atoms with Gasteiger partial charge in [-0.15, -0.1) is 0 Å². The summed E-state index contributed by atoms with van der Waals surface area (Å²) in [6.45, 7) is 0.863. The molecule has 0 saturated heterocycles. The fraction of sp³-hybridized carbons (Fsp3) is 0.400. The van der Waals surface area contributed by atoms with E-state index < -0.39 is 0 Å². The normalized spacial score (nSPS) is 19.1. The monoisotopic (exact) mass is 96.1 g/mol. The summed E-state index contributed by atoms with van der Waals surface area (Å²) in [5, 5.41) is 0. The molecular weight excluding hydrogens is 88.1 g/mol. The Labute approximate surface area is 42.7 Å². The first-order valence-electron chi connectivity index (χ1n) is 2.36. The van der Waals surface area contributed by atoms with Gasteiger partial charge in [-0.25, -0.2) is 0 Å². The first kappa shape index (κ1) is 4.37. The molecule has 1 heterocycles. The third-order valence-corrected chi connectivity index (χ3v) is 0.879. The zero-order valence-corrected chi connectivity index (χ0v) is 4.09. The highest BCUT2D eigenvalue weighted by atomic mass is 14.8. The van der Waals surface area contributed by atoms with Crippen LogP contribution in [0.3, 0.4) is 0 Å². The Bertz CT molecular complexity index is 113. The van der Waals surface area contributed by atoms with Gasteiger partial charge in [0.2, 0.25) is 0 Å². The second-order valence-electron chi connectivity index (χ2n) is 1.50. The van der Waals surface area contributed by atoms with E-state index in [-0.39, 0.29) is 0 Å². The van der Waals surface area contributed by atoms with Crippen molar-refractivity contribution in [3.8, 4) is 0 Å². The first-order chi connectivity index (χ1) is 3.39. The zero-order valence-electron chi connectivity index (χ0n) is 4.09. The van der Waals surface area contributed by atoms with E-state index in [9.17, 15) is 0 Å². The van der Waals surface area contributed by atoms with Crippen LogP contribution in [0.2, 0.25) is 0 Å². The van der Waals surface area contributed by atoms with Crippen LogP contribution in [0.15, 0.2) is 17.1 Å². The van der Waals surface area contributed by atoms with Crippen LogP contribution in [0.1, 0.15) is 6.42 Å². The maximum Gasteiger partial charge on any atom is 0.117 e. The Morgan fingerprint density at radius 1 is 1.71 bits per heavy atom. The molecule has 1 aliphatic rings. The molecule has 0 radical (unpaired) electrons. The van der Waals surface area contributed by atoms with E-state index in [4.69, 9.17) is 5.73 Å². The van der Waals surface area contributed by atoms with Gasteiger partial charge in [0.1, 0.15) is 5.84 Å². The summed E-state index contributed by atoms with van der Waals surface area (Å²) in [4.78, 5) is 3.94. The van der Waals surface area contributed by atoms with Crippen molar-refractivity contribution in [2.75, 3.05) is 6.54 Å². The highest BCUT2D eigenvalue weighted by molar-refractivity contribution is 5.91. The van der Waals surface area contributed by atoms with Gasteiger partial charge in [-0.2, -0.15) is 0 Å². The van der Waals surface area contributed by atoms with Gasteiger partial charge in [0.15, 0.2) is 0 Å². The Balaban J connectivity index is 2.58. The lowest BCUT2D eigenvalue weighted by Crippen LogP contribution is -2.10. The van der Waals surface area contributed by atoms with E-state index in [1.165, 1.54) is 0 Å². The molecular formula is C5H8N2. The molecule has 0 aromatic carbocycles. The molecule has 0 aromatic heterocycles. The molecule has 2 nitrogen and oxygen atoms in total. The molecule has 0 unspecified atom stereocenters. The van der Waals surface area contributed by atoms with Crippen molar-refractivity contribution < 1.29 is 0 Å². The molecule has 0 saturated carbocycles. The van der Waals surface area contributed by atoms with Gasteiger partial charge in [-0.05, 0) is 12.5 Å². The lowest BCUT2D eigenvalue weighted by Gasteiger charge is -1.96. The Hall–Kier alpha value is -0.790. The fourth-order valence-corrected chi connectivity index (χ4v) is 0.525. The quantitative estimate of drug-likeness (QED) is 0.463. The van der Waals surface area contributed by atoms with Crippen molar-refractivity contribution in [3.05, 3.63) is 12.2 Å². The predicted octanol–water partition coefficient (Wildman–Crippen LogP) is 0.304. The van der Waals surface area contributed by atoms with Crippen molar-refractivity contribution >= 4 is 5.84 Å². The number of aliphatic imine (C=N–C) groups is 1. The lowest BCUT2D eigenvalue weighted by atomic mass is 10.3. The second-order valence-corrected chi connectivity index (χ2v) is 1.50. The van der Waals surface area contributed by atoms with Crippen molar-refractivity contribution in [2.24, 2.45) is 10.7 Å². The van der Waals surface area contributed by atoms with Crippen LogP contribution < -0.4 is 5.73 Å². The number of dihydropyridines is 1. The van der Waals surface area contributed by atoms with Crippen molar-refractivity contribution in [2.45, 2.75) is 6.42 Å². The number of rotatable bonds is 0. The maximum atomic E-state index is 5.30. The standard InChI is InChI=1S/C5H8N2/c6-5-3-1-2-4-7-5/h1,3H,2,4H2,(H2,6,7). The van der Waals surface area contributed by atoms with Crippen LogP contribution in [0.25, 0.3) is 0 Å². The Morgan fingerprint density at radius 3 is 2.86 bits per heavy atom. The molecule has 1 aliphatic heterocycles.